The molecular formula is C23H24ClN5O. The average molecular weight is 422 g/mol. The average Bonchev–Trinajstić information content (AvgIpc) is 3.21. The van der Waals surface area contributed by atoms with Crippen molar-refractivity contribution in [1.29, 1.82) is 0 Å². The number of halogens is 1. The number of amides is 1. The van der Waals surface area contributed by atoms with Gasteiger partial charge in [-0.25, -0.2) is 9.97 Å². The summed E-state index contributed by atoms with van der Waals surface area (Å²) in [6.07, 6.45) is 5.38. The number of piperidine rings is 1. The van der Waals surface area contributed by atoms with Gasteiger partial charge in [-0.05, 0) is 37.1 Å². The lowest BCUT2D eigenvalue weighted by atomic mass is 9.82. The highest BCUT2D eigenvalue weighted by atomic mass is 35.5. The smallest absolute Gasteiger partial charge is 0.255 e. The lowest BCUT2D eigenvalue weighted by Crippen LogP contribution is -2.51. The molecule has 2 aliphatic heterocycles. The fourth-order valence-corrected chi connectivity index (χ4v) is 4.82. The van der Waals surface area contributed by atoms with Gasteiger partial charge in [-0.2, -0.15) is 0 Å². The van der Waals surface area contributed by atoms with Crippen LogP contribution in [-0.4, -0.2) is 38.4 Å². The van der Waals surface area contributed by atoms with Crippen LogP contribution in [0.4, 0.5) is 5.69 Å². The van der Waals surface area contributed by atoms with E-state index in [1.54, 1.807) is 12.1 Å². The van der Waals surface area contributed by atoms with Crippen molar-refractivity contribution < 1.29 is 4.79 Å². The summed E-state index contributed by atoms with van der Waals surface area (Å²) < 4.78 is 2.21. The molecule has 2 aromatic heterocycles. The summed E-state index contributed by atoms with van der Waals surface area (Å²) in [6, 6.07) is 11.3. The van der Waals surface area contributed by atoms with E-state index in [1.807, 2.05) is 35.5 Å². The van der Waals surface area contributed by atoms with Crippen molar-refractivity contribution in [2.75, 3.05) is 18.4 Å². The molecule has 0 radical (unpaired) electrons. The van der Waals surface area contributed by atoms with Crippen molar-refractivity contribution in [3.63, 3.8) is 0 Å². The zero-order chi connectivity index (χ0) is 20.9. The first-order valence-corrected chi connectivity index (χ1v) is 10.7. The van der Waals surface area contributed by atoms with Crippen LogP contribution in [0.1, 0.15) is 54.5 Å². The number of hydrogen-bond donors (Lipinski definition) is 1. The van der Waals surface area contributed by atoms with Gasteiger partial charge in [0.25, 0.3) is 5.91 Å². The third-order valence-corrected chi connectivity index (χ3v) is 6.51. The fraction of sp³-hybridized carbons (Fsp3) is 0.348. The molecule has 1 amide bonds. The van der Waals surface area contributed by atoms with Crippen molar-refractivity contribution in [1.82, 2.24) is 19.4 Å². The van der Waals surface area contributed by atoms with Crippen LogP contribution < -0.4 is 5.32 Å². The number of pyridine rings is 1. The first-order valence-electron chi connectivity index (χ1n) is 10.4. The molecule has 1 fully saturated rings. The minimum absolute atomic E-state index is 0.00953. The maximum absolute atomic E-state index is 13.0. The minimum atomic E-state index is -0.270. The summed E-state index contributed by atoms with van der Waals surface area (Å²) in [7, 11) is 0. The van der Waals surface area contributed by atoms with E-state index < -0.39 is 0 Å². The molecule has 0 saturated carbocycles. The molecule has 0 bridgehead atoms. The number of anilines is 1. The molecular weight excluding hydrogens is 398 g/mol. The summed E-state index contributed by atoms with van der Waals surface area (Å²) in [5, 5.41) is 4.24. The lowest BCUT2D eigenvalue weighted by molar-refractivity contribution is 0.0676. The Morgan fingerprint density at radius 1 is 1.13 bits per heavy atom. The van der Waals surface area contributed by atoms with Gasteiger partial charge in [-0.3, -0.25) is 9.36 Å². The van der Waals surface area contributed by atoms with Gasteiger partial charge in [0.05, 0.1) is 33.7 Å². The van der Waals surface area contributed by atoms with Gasteiger partial charge in [-0.1, -0.05) is 37.6 Å². The molecule has 5 rings (SSSR count). The predicted molar refractivity (Wildman–Crippen MR) is 117 cm³/mol. The van der Waals surface area contributed by atoms with E-state index in [4.69, 9.17) is 16.6 Å². The van der Waals surface area contributed by atoms with Crippen LogP contribution in [0, 0.1) is 0 Å². The fourth-order valence-electron chi connectivity index (χ4n) is 4.61. The number of benzene rings is 1. The largest absolute Gasteiger partial charge is 0.371 e. The first kappa shape index (κ1) is 19.1. The molecule has 30 heavy (non-hydrogen) atoms. The molecule has 0 unspecified atom stereocenters. The Morgan fingerprint density at radius 2 is 1.90 bits per heavy atom. The number of aromatic nitrogens is 3. The second kappa shape index (κ2) is 7.13. The van der Waals surface area contributed by atoms with Crippen LogP contribution in [-0.2, 0) is 5.54 Å². The van der Waals surface area contributed by atoms with E-state index in [-0.39, 0.29) is 17.4 Å². The third kappa shape index (κ3) is 2.89. The van der Waals surface area contributed by atoms with Gasteiger partial charge in [0, 0.05) is 25.2 Å². The van der Waals surface area contributed by atoms with E-state index in [1.165, 1.54) is 0 Å². The van der Waals surface area contributed by atoms with Crippen molar-refractivity contribution >= 4 is 23.2 Å². The maximum Gasteiger partial charge on any atom is 0.255 e. The maximum atomic E-state index is 13.0. The SMILES string of the molecule is CC(C)c1ncc2n1-c1ncccc1NC21CCN(C(=O)c2ccccc2Cl)CC1. The van der Waals surface area contributed by atoms with E-state index in [2.05, 4.69) is 34.8 Å². The highest BCUT2D eigenvalue weighted by Gasteiger charge is 2.44. The molecule has 1 aromatic carbocycles. The number of rotatable bonds is 2. The minimum Gasteiger partial charge on any atom is -0.371 e. The molecule has 7 heteroatoms. The number of imidazole rings is 1. The molecule has 0 aliphatic carbocycles. The number of nitrogens with zero attached hydrogens (tertiary/aromatic N) is 4. The molecule has 6 nitrogen and oxygen atoms in total. The molecule has 3 aromatic rings. The quantitative estimate of drug-likeness (QED) is 0.656. The van der Waals surface area contributed by atoms with Crippen molar-refractivity contribution in [2.45, 2.75) is 38.1 Å². The molecule has 1 N–H and O–H groups in total. The number of hydrogen-bond acceptors (Lipinski definition) is 4. The van der Waals surface area contributed by atoms with Crippen LogP contribution in [0.2, 0.25) is 5.02 Å². The van der Waals surface area contributed by atoms with Crippen molar-refractivity contribution in [2.24, 2.45) is 0 Å². The topological polar surface area (TPSA) is 63.1 Å². The van der Waals surface area contributed by atoms with Crippen LogP contribution in [0.5, 0.6) is 0 Å². The molecule has 0 atom stereocenters. The standard InChI is InChI=1S/C23H24ClN5O/c1-15(2)20-26-14-19-23(27-18-8-5-11-25-21(18)29(19)20)9-12-28(13-10-23)22(30)16-6-3-4-7-17(16)24/h3-8,11,14-15,27H,9-10,12-13H2,1-2H3. The Balaban J connectivity index is 1.48. The van der Waals surface area contributed by atoms with E-state index in [0.717, 1.165) is 35.9 Å². The normalized spacial score (nSPS) is 16.9. The number of likely N-dealkylation sites (tertiary alicyclic amines) is 1. The Hall–Kier alpha value is -2.86. The third-order valence-electron chi connectivity index (χ3n) is 6.18. The van der Waals surface area contributed by atoms with Crippen molar-refractivity contribution in [3.05, 3.63) is 70.9 Å². The summed E-state index contributed by atoms with van der Waals surface area (Å²) in [5.41, 5.74) is 2.43. The van der Waals surface area contributed by atoms with Gasteiger partial charge in [-0.15, -0.1) is 0 Å². The molecule has 1 spiro atoms. The van der Waals surface area contributed by atoms with Gasteiger partial charge in [0.1, 0.15) is 5.82 Å². The molecule has 2 aliphatic rings. The van der Waals surface area contributed by atoms with E-state index in [0.29, 0.717) is 23.7 Å². The molecule has 4 heterocycles. The molecule has 154 valence electrons. The zero-order valence-electron chi connectivity index (χ0n) is 17.1. The Kier molecular flexibility index (Phi) is 4.54. The second-order valence-corrected chi connectivity index (χ2v) is 8.75. The number of nitrogens with one attached hydrogen (secondary N) is 1. The highest BCUT2D eigenvalue weighted by Crippen LogP contribution is 2.44. The van der Waals surface area contributed by atoms with Gasteiger partial charge in [0.15, 0.2) is 5.82 Å². The van der Waals surface area contributed by atoms with E-state index in [9.17, 15) is 4.79 Å². The molecule has 1 saturated heterocycles. The van der Waals surface area contributed by atoms with Crippen LogP contribution in [0.25, 0.3) is 5.82 Å². The Labute approximate surface area is 180 Å². The number of carbonyl (C=O) groups excluding carboxylic acids is 1. The zero-order valence-corrected chi connectivity index (χ0v) is 17.9. The monoisotopic (exact) mass is 421 g/mol. The Bertz CT molecular complexity index is 1110. The van der Waals surface area contributed by atoms with Crippen LogP contribution >= 0.6 is 11.6 Å². The van der Waals surface area contributed by atoms with Gasteiger partial charge in [0.2, 0.25) is 0 Å². The van der Waals surface area contributed by atoms with Gasteiger partial charge < -0.3 is 10.2 Å². The number of fused-ring (bicyclic) bond motifs is 4. The van der Waals surface area contributed by atoms with Gasteiger partial charge >= 0.3 is 0 Å². The van der Waals surface area contributed by atoms with Crippen LogP contribution in [0.15, 0.2) is 48.8 Å². The van der Waals surface area contributed by atoms with E-state index >= 15 is 0 Å². The summed E-state index contributed by atoms with van der Waals surface area (Å²) in [5.74, 6) is 2.18. The summed E-state index contributed by atoms with van der Waals surface area (Å²) in [4.78, 5) is 24.3. The predicted octanol–water partition coefficient (Wildman–Crippen LogP) is 4.60. The highest BCUT2D eigenvalue weighted by molar-refractivity contribution is 6.33. The Morgan fingerprint density at radius 3 is 2.63 bits per heavy atom. The summed E-state index contributed by atoms with van der Waals surface area (Å²) in [6.45, 7) is 5.60. The van der Waals surface area contributed by atoms with Crippen molar-refractivity contribution in [3.8, 4) is 5.82 Å². The summed E-state index contributed by atoms with van der Waals surface area (Å²) >= 11 is 6.26. The second-order valence-electron chi connectivity index (χ2n) is 8.35. The number of carbonyl (C=O) groups is 1. The van der Waals surface area contributed by atoms with Crippen LogP contribution in [0.3, 0.4) is 0 Å². The first-order chi connectivity index (χ1) is 14.5. The lowest BCUT2D eigenvalue weighted by Gasteiger charge is -2.45.